The zero-order chi connectivity index (χ0) is 18.0. The van der Waals surface area contributed by atoms with Crippen LogP contribution in [-0.2, 0) is 0 Å². The van der Waals surface area contributed by atoms with E-state index < -0.39 is 5.97 Å². The van der Waals surface area contributed by atoms with E-state index in [1.807, 2.05) is 24.8 Å². The van der Waals surface area contributed by atoms with E-state index in [9.17, 15) is 14.3 Å². The second-order valence-corrected chi connectivity index (χ2v) is 5.69. The van der Waals surface area contributed by atoms with E-state index in [1.54, 1.807) is 30.3 Å². The highest BCUT2D eigenvalue weighted by atomic mass is 19.1. The molecule has 4 nitrogen and oxygen atoms in total. The smallest absolute Gasteiger partial charge is 0.338 e. The van der Waals surface area contributed by atoms with Crippen LogP contribution < -0.4 is 4.90 Å². The van der Waals surface area contributed by atoms with Crippen LogP contribution in [0.3, 0.4) is 0 Å². The van der Waals surface area contributed by atoms with Crippen molar-refractivity contribution in [1.29, 1.82) is 0 Å². The third-order valence-corrected chi connectivity index (χ3v) is 4.28. The number of para-hydroxylation sites is 1. The third kappa shape index (κ3) is 3.05. The number of rotatable bonds is 5. The summed E-state index contributed by atoms with van der Waals surface area (Å²) in [7, 11) is 0. The van der Waals surface area contributed by atoms with Crippen LogP contribution in [0.25, 0.3) is 22.2 Å². The molecular formula is C20H19FN2O2. The number of aromatic carboxylic acids is 1. The molecule has 0 aliphatic heterocycles. The van der Waals surface area contributed by atoms with E-state index in [2.05, 4.69) is 0 Å². The average Bonchev–Trinajstić information content (AvgIpc) is 2.62. The molecule has 0 bridgehead atoms. The van der Waals surface area contributed by atoms with Crippen LogP contribution in [0.5, 0.6) is 0 Å². The molecule has 0 saturated heterocycles. The van der Waals surface area contributed by atoms with Crippen molar-refractivity contribution in [2.24, 2.45) is 0 Å². The van der Waals surface area contributed by atoms with E-state index in [0.29, 0.717) is 40.9 Å². The molecule has 0 spiro atoms. The summed E-state index contributed by atoms with van der Waals surface area (Å²) in [4.78, 5) is 18.8. The Balaban J connectivity index is 2.43. The molecule has 3 rings (SSSR count). The van der Waals surface area contributed by atoms with Crippen LogP contribution in [0.2, 0.25) is 0 Å². The first kappa shape index (κ1) is 16.9. The number of benzene rings is 2. The minimum absolute atomic E-state index is 0.230. The Morgan fingerprint density at radius 1 is 1.08 bits per heavy atom. The summed E-state index contributed by atoms with van der Waals surface area (Å²) in [5.74, 6) is -1.34. The van der Waals surface area contributed by atoms with Gasteiger partial charge in [-0.05, 0) is 44.2 Å². The molecule has 25 heavy (non-hydrogen) atoms. The van der Waals surface area contributed by atoms with E-state index in [4.69, 9.17) is 4.98 Å². The summed E-state index contributed by atoms with van der Waals surface area (Å²) >= 11 is 0. The Kier molecular flexibility index (Phi) is 4.65. The fourth-order valence-electron chi connectivity index (χ4n) is 3.08. The van der Waals surface area contributed by atoms with Crippen molar-refractivity contribution in [3.05, 3.63) is 59.9 Å². The number of hydrogen-bond donors (Lipinski definition) is 1. The van der Waals surface area contributed by atoms with Gasteiger partial charge in [0.15, 0.2) is 0 Å². The Bertz CT molecular complexity index is 919. The van der Waals surface area contributed by atoms with Crippen LogP contribution in [0.1, 0.15) is 24.2 Å². The van der Waals surface area contributed by atoms with Crippen LogP contribution in [0.15, 0.2) is 48.5 Å². The number of hydrogen-bond acceptors (Lipinski definition) is 3. The van der Waals surface area contributed by atoms with Crippen LogP contribution in [-0.4, -0.2) is 29.1 Å². The zero-order valence-corrected chi connectivity index (χ0v) is 14.2. The van der Waals surface area contributed by atoms with Gasteiger partial charge in [0.25, 0.3) is 0 Å². The predicted octanol–water partition coefficient (Wildman–Crippen LogP) is 4.59. The molecule has 1 N–H and O–H groups in total. The largest absolute Gasteiger partial charge is 0.478 e. The number of aromatic nitrogens is 1. The van der Waals surface area contributed by atoms with Gasteiger partial charge in [0.1, 0.15) is 5.82 Å². The summed E-state index contributed by atoms with van der Waals surface area (Å²) < 4.78 is 13.3. The monoisotopic (exact) mass is 338 g/mol. The van der Waals surface area contributed by atoms with E-state index in [1.165, 1.54) is 12.1 Å². The lowest BCUT2D eigenvalue weighted by atomic mass is 10.00. The van der Waals surface area contributed by atoms with Gasteiger partial charge in [0, 0.05) is 24.0 Å². The number of carboxylic acid groups (broad SMARTS) is 1. The summed E-state index contributed by atoms with van der Waals surface area (Å²) in [5.41, 5.74) is 2.66. The topological polar surface area (TPSA) is 53.4 Å². The lowest BCUT2D eigenvalue weighted by molar-refractivity contribution is 0.0699. The van der Waals surface area contributed by atoms with Crippen molar-refractivity contribution in [3.63, 3.8) is 0 Å². The molecule has 0 unspecified atom stereocenters. The highest BCUT2D eigenvalue weighted by Gasteiger charge is 2.24. The molecule has 0 fully saturated rings. The minimum Gasteiger partial charge on any atom is -0.478 e. The van der Waals surface area contributed by atoms with Gasteiger partial charge in [-0.1, -0.05) is 18.2 Å². The highest BCUT2D eigenvalue weighted by molar-refractivity contribution is 6.10. The van der Waals surface area contributed by atoms with Crippen molar-refractivity contribution in [2.45, 2.75) is 13.8 Å². The molecule has 2 aromatic carbocycles. The second kappa shape index (κ2) is 6.89. The number of pyridine rings is 1. The molecule has 1 heterocycles. The first-order valence-electron chi connectivity index (χ1n) is 8.23. The number of anilines is 1. The van der Waals surface area contributed by atoms with Crippen molar-refractivity contribution in [1.82, 2.24) is 4.98 Å². The fraction of sp³-hybridized carbons (Fsp3) is 0.200. The summed E-state index contributed by atoms with van der Waals surface area (Å²) in [6.07, 6.45) is 0. The van der Waals surface area contributed by atoms with E-state index >= 15 is 0 Å². The van der Waals surface area contributed by atoms with Crippen molar-refractivity contribution < 1.29 is 14.3 Å². The molecule has 0 aliphatic rings. The number of carbonyl (C=O) groups is 1. The number of nitrogens with zero attached hydrogens (tertiary/aromatic N) is 2. The quantitative estimate of drug-likeness (QED) is 0.739. The van der Waals surface area contributed by atoms with Crippen molar-refractivity contribution in [3.8, 4) is 11.3 Å². The van der Waals surface area contributed by atoms with Gasteiger partial charge in [-0.2, -0.15) is 0 Å². The Morgan fingerprint density at radius 2 is 1.72 bits per heavy atom. The SMILES string of the molecule is CCN(CC)c1c(-c2ccc(F)cc2)nc2ccccc2c1C(=O)O. The average molecular weight is 338 g/mol. The van der Waals surface area contributed by atoms with E-state index in [0.717, 1.165) is 0 Å². The van der Waals surface area contributed by atoms with Crippen LogP contribution >= 0.6 is 0 Å². The molecule has 0 saturated carbocycles. The maximum atomic E-state index is 13.3. The normalized spacial score (nSPS) is 10.8. The molecular weight excluding hydrogens is 319 g/mol. The van der Waals surface area contributed by atoms with Gasteiger partial charge in [0.2, 0.25) is 0 Å². The summed E-state index contributed by atoms with van der Waals surface area (Å²) in [6, 6.07) is 13.2. The van der Waals surface area contributed by atoms with Gasteiger partial charge < -0.3 is 10.0 Å². The fourth-order valence-corrected chi connectivity index (χ4v) is 3.08. The zero-order valence-electron chi connectivity index (χ0n) is 14.2. The Morgan fingerprint density at radius 3 is 2.32 bits per heavy atom. The van der Waals surface area contributed by atoms with Gasteiger partial charge in [0.05, 0.1) is 22.5 Å². The van der Waals surface area contributed by atoms with Crippen LogP contribution in [0.4, 0.5) is 10.1 Å². The van der Waals surface area contributed by atoms with Gasteiger partial charge in [-0.3, -0.25) is 0 Å². The molecule has 0 atom stereocenters. The summed E-state index contributed by atoms with van der Waals surface area (Å²) in [6.45, 7) is 5.23. The van der Waals surface area contributed by atoms with Gasteiger partial charge in [-0.15, -0.1) is 0 Å². The molecule has 1 aromatic heterocycles. The Hall–Kier alpha value is -2.95. The molecule has 3 aromatic rings. The van der Waals surface area contributed by atoms with Crippen LogP contribution in [0, 0.1) is 5.82 Å². The highest BCUT2D eigenvalue weighted by Crippen LogP contribution is 2.37. The maximum absolute atomic E-state index is 13.3. The maximum Gasteiger partial charge on any atom is 0.338 e. The van der Waals surface area contributed by atoms with Crippen molar-refractivity contribution >= 4 is 22.6 Å². The van der Waals surface area contributed by atoms with Gasteiger partial charge in [-0.25, -0.2) is 14.2 Å². The molecule has 128 valence electrons. The lowest BCUT2D eigenvalue weighted by Crippen LogP contribution is -2.25. The molecule has 5 heteroatoms. The second-order valence-electron chi connectivity index (χ2n) is 5.69. The molecule has 0 amide bonds. The standard InChI is InChI=1S/C20H19FN2O2/c1-3-23(4-2)19-17(20(24)25)15-7-5-6-8-16(15)22-18(19)13-9-11-14(21)12-10-13/h5-12H,3-4H2,1-2H3,(H,24,25). The minimum atomic E-state index is -0.996. The first-order chi connectivity index (χ1) is 12.1. The predicted molar refractivity (Wildman–Crippen MR) is 97.7 cm³/mol. The molecule has 0 aliphatic carbocycles. The molecule has 0 radical (unpaired) electrons. The van der Waals surface area contributed by atoms with E-state index in [-0.39, 0.29) is 11.4 Å². The third-order valence-electron chi connectivity index (χ3n) is 4.28. The summed E-state index contributed by atoms with van der Waals surface area (Å²) in [5, 5.41) is 10.5. The number of carboxylic acids is 1. The van der Waals surface area contributed by atoms with Gasteiger partial charge >= 0.3 is 5.97 Å². The lowest BCUT2D eigenvalue weighted by Gasteiger charge is -2.26. The Labute approximate surface area is 145 Å². The first-order valence-corrected chi connectivity index (χ1v) is 8.23. The number of fused-ring (bicyclic) bond motifs is 1. The van der Waals surface area contributed by atoms with Crippen molar-refractivity contribution in [2.75, 3.05) is 18.0 Å². The number of halogens is 1.